The number of pyridine rings is 1. The molecule has 4 rings (SSSR count). The summed E-state index contributed by atoms with van der Waals surface area (Å²) in [4.78, 5) is 40.3. The smallest absolute Gasteiger partial charge is 0.263 e. The first-order valence-electron chi connectivity index (χ1n) is 10.5. The Bertz CT molecular complexity index is 1200. The van der Waals surface area contributed by atoms with Crippen molar-refractivity contribution in [3.05, 3.63) is 65.3 Å². The topological polar surface area (TPSA) is 127 Å². The summed E-state index contributed by atoms with van der Waals surface area (Å²) >= 11 is 1.30. The minimum atomic E-state index is -0.290. The zero-order chi connectivity index (χ0) is 22.3. The lowest BCUT2D eigenvalue weighted by molar-refractivity contribution is -0.118. The second-order valence-corrected chi connectivity index (χ2v) is 8.46. The van der Waals surface area contributed by atoms with Crippen LogP contribution in [-0.2, 0) is 4.79 Å². The Morgan fingerprint density at radius 2 is 1.97 bits per heavy atom. The Morgan fingerprint density at radius 3 is 2.78 bits per heavy atom. The fourth-order valence-electron chi connectivity index (χ4n) is 3.57. The van der Waals surface area contributed by atoms with Gasteiger partial charge in [-0.1, -0.05) is 25.0 Å². The molecule has 3 heterocycles. The number of hydrogen-bond donors (Lipinski definition) is 3. The Labute approximate surface area is 189 Å². The summed E-state index contributed by atoms with van der Waals surface area (Å²) in [5.41, 5.74) is 8.72. The minimum absolute atomic E-state index is 0.177. The van der Waals surface area contributed by atoms with Gasteiger partial charge in [-0.05, 0) is 30.4 Å². The summed E-state index contributed by atoms with van der Waals surface area (Å²) in [6, 6.07) is 7.84. The molecule has 0 saturated carbocycles. The van der Waals surface area contributed by atoms with Crippen molar-refractivity contribution in [3.63, 3.8) is 0 Å². The molecule has 1 aromatic carbocycles. The number of unbranched alkanes of at least 4 members (excludes halogenated alkanes) is 2. The maximum atomic E-state index is 12.6. The average molecular weight is 449 g/mol. The number of H-pyrrole nitrogens is 1. The minimum Gasteiger partial charge on any atom is -0.370 e. The Morgan fingerprint density at radius 1 is 1.06 bits per heavy atom. The van der Waals surface area contributed by atoms with Crippen LogP contribution < -0.4 is 11.1 Å². The molecule has 0 bridgehead atoms. The maximum Gasteiger partial charge on any atom is 0.263 e. The molecule has 8 nitrogen and oxygen atoms in total. The van der Waals surface area contributed by atoms with E-state index in [0.717, 1.165) is 41.3 Å². The highest BCUT2D eigenvalue weighted by atomic mass is 32.1. The van der Waals surface area contributed by atoms with Crippen LogP contribution in [0.3, 0.4) is 0 Å². The third-order valence-corrected chi connectivity index (χ3v) is 6.03. The Balaban J connectivity index is 1.51. The summed E-state index contributed by atoms with van der Waals surface area (Å²) in [5.74, 6) is 0.227. The second-order valence-electron chi connectivity index (χ2n) is 7.58. The first kappa shape index (κ1) is 21.6. The number of fused-ring (bicyclic) bond motifs is 1. The molecule has 0 fully saturated rings. The van der Waals surface area contributed by atoms with E-state index in [2.05, 4.69) is 37.4 Å². The fraction of sp³-hybridized carbons (Fsp3) is 0.261. The van der Waals surface area contributed by atoms with E-state index in [1.54, 1.807) is 24.1 Å². The number of amides is 2. The van der Waals surface area contributed by atoms with Crippen LogP contribution in [0, 0.1) is 0 Å². The van der Waals surface area contributed by atoms with E-state index >= 15 is 0 Å². The molecule has 1 atom stereocenters. The number of rotatable bonds is 10. The molecular weight excluding hydrogens is 424 g/mol. The summed E-state index contributed by atoms with van der Waals surface area (Å²) in [7, 11) is 0. The van der Waals surface area contributed by atoms with Crippen molar-refractivity contribution >= 4 is 33.9 Å². The van der Waals surface area contributed by atoms with Gasteiger partial charge in [0, 0.05) is 29.8 Å². The van der Waals surface area contributed by atoms with E-state index in [1.165, 1.54) is 11.3 Å². The highest BCUT2D eigenvalue weighted by Gasteiger charge is 2.20. The van der Waals surface area contributed by atoms with E-state index in [0.29, 0.717) is 23.5 Å². The van der Waals surface area contributed by atoms with Crippen molar-refractivity contribution in [1.29, 1.82) is 0 Å². The molecule has 0 radical (unpaired) electrons. The monoisotopic (exact) mass is 448 g/mol. The lowest BCUT2D eigenvalue weighted by atomic mass is 10.1. The van der Waals surface area contributed by atoms with Crippen molar-refractivity contribution in [3.8, 4) is 11.3 Å². The van der Waals surface area contributed by atoms with Gasteiger partial charge >= 0.3 is 0 Å². The number of carbonyl (C=O) groups is 2. The summed E-state index contributed by atoms with van der Waals surface area (Å²) < 4.78 is 0. The predicted molar refractivity (Wildman–Crippen MR) is 124 cm³/mol. The van der Waals surface area contributed by atoms with E-state index in [4.69, 9.17) is 5.73 Å². The van der Waals surface area contributed by atoms with Crippen molar-refractivity contribution in [1.82, 2.24) is 25.3 Å². The normalized spacial score (nSPS) is 12.0. The second kappa shape index (κ2) is 10.1. The summed E-state index contributed by atoms with van der Waals surface area (Å²) in [6.45, 7) is 0. The highest BCUT2D eigenvalue weighted by Crippen LogP contribution is 2.26. The number of nitrogens with one attached hydrogen (secondary N) is 2. The van der Waals surface area contributed by atoms with Gasteiger partial charge in [0.2, 0.25) is 5.91 Å². The molecule has 0 aliphatic carbocycles. The van der Waals surface area contributed by atoms with Crippen LogP contribution in [0.2, 0.25) is 0 Å². The summed E-state index contributed by atoms with van der Waals surface area (Å²) in [6.07, 6.45) is 10.4. The molecule has 4 N–H and O–H groups in total. The third kappa shape index (κ3) is 5.36. The molecule has 0 unspecified atom stereocenters. The molecule has 164 valence electrons. The lowest BCUT2D eigenvalue weighted by Crippen LogP contribution is -2.28. The van der Waals surface area contributed by atoms with Crippen LogP contribution in [0.5, 0.6) is 0 Å². The number of aromatic amines is 1. The molecule has 0 aliphatic heterocycles. The molecule has 4 aromatic rings. The molecule has 9 heteroatoms. The number of hydrogen-bond acceptors (Lipinski definition) is 6. The van der Waals surface area contributed by atoms with Crippen molar-refractivity contribution in [2.75, 3.05) is 0 Å². The molecule has 0 saturated heterocycles. The molecule has 0 aliphatic rings. The van der Waals surface area contributed by atoms with Gasteiger partial charge in [0.05, 0.1) is 29.6 Å². The largest absolute Gasteiger partial charge is 0.370 e. The number of primary amides is 1. The summed E-state index contributed by atoms with van der Waals surface area (Å²) in [5, 5.41) is 5.23. The van der Waals surface area contributed by atoms with Gasteiger partial charge in [-0.2, -0.15) is 0 Å². The first-order chi connectivity index (χ1) is 15.6. The van der Waals surface area contributed by atoms with E-state index < -0.39 is 0 Å². The van der Waals surface area contributed by atoms with Crippen molar-refractivity contribution in [2.24, 2.45) is 5.73 Å². The Hall–Kier alpha value is -3.59. The third-order valence-electron chi connectivity index (χ3n) is 5.25. The molecule has 2 amide bonds. The zero-order valence-corrected chi connectivity index (χ0v) is 18.3. The zero-order valence-electron chi connectivity index (χ0n) is 17.5. The molecule has 0 spiro atoms. The number of nitrogens with two attached hydrogens (primary N) is 1. The number of benzene rings is 1. The number of carbonyl (C=O) groups excluding carboxylic acids is 2. The van der Waals surface area contributed by atoms with Crippen LogP contribution in [0.15, 0.2) is 54.6 Å². The standard InChI is InChI=1S/C23H24N6O2S/c24-21(30)5-3-1-2-4-18(29-23(31)20-13-26-14-32-20)22-27-12-19(28-22)16-7-6-15-8-9-25-11-17(15)10-16/h6-14,18H,1-5H2,(H2,24,30)(H,27,28)(H,29,31)/t18-/m0/s1. The fourth-order valence-corrected chi connectivity index (χ4v) is 4.09. The SMILES string of the molecule is NC(=O)CCCCC[C@H](NC(=O)c1cncs1)c1ncc(-c2ccc3ccncc3c2)[nH]1. The number of nitrogens with zero attached hydrogens (tertiary/aromatic N) is 3. The Kier molecular flexibility index (Phi) is 6.86. The predicted octanol–water partition coefficient (Wildman–Crippen LogP) is 3.99. The van der Waals surface area contributed by atoms with Crippen molar-refractivity contribution in [2.45, 2.75) is 38.1 Å². The van der Waals surface area contributed by atoms with Crippen LogP contribution in [0.25, 0.3) is 22.0 Å². The highest BCUT2D eigenvalue weighted by molar-refractivity contribution is 7.11. The lowest BCUT2D eigenvalue weighted by Gasteiger charge is -2.16. The van der Waals surface area contributed by atoms with Gasteiger partial charge in [-0.25, -0.2) is 4.98 Å². The van der Waals surface area contributed by atoms with Crippen LogP contribution in [-0.4, -0.2) is 31.8 Å². The van der Waals surface area contributed by atoms with Gasteiger partial charge in [0.15, 0.2) is 0 Å². The molecule has 32 heavy (non-hydrogen) atoms. The quantitative estimate of drug-likeness (QED) is 0.316. The number of aromatic nitrogens is 4. The van der Waals surface area contributed by atoms with Crippen LogP contribution in [0.4, 0.5) is 0 Å². The number of thiazole rings is 1. The van der Waals surface area contributed by atoms with Gasteiger partial charge in [0.25, 0.3) is 5.91 Å². The molecule has 3 aromatic heterocycles. The first-order valence-corrected chi connectivity index (χ1v) is 11.3. The van der Waals surface area contributed by atoms with Crippen molar-refractivity contribution < 1.29 is 9.59 Å². The van der Waals surface area contributed by atoms with Gasteiger partial charge in [-0.3, -0.25) is 19.6 Å². The van der Waals surface area contributed by atoms with Crippen LogP contribution in [0.1, 0.15) is 53.6 Å². The van der Waals surface area contributed by atoms with Crippen LogP contribution >= 0.6 is 11.3 Å². The maximum absolute atomic E-state index is 12.6. The van der Waals surface area contributed by atoms with E-state index in [1.807, 2.05) is 18.3 Å². The van der Waals surface area contributed by atoms with E-state index in [9.17, 15) is 9.59 Å². The molecular formula is C23H24N6O2S. The van der Waals surface area contributed by atoms with Gasteiger partial charge in [-0.15, -0.1) is 11.3 Å². The number of imidazole rings is 1. The van der Waals surface area contributed by atoms with Gasteiger partial charge < -0.3 is 16.0 Å². The average Bonchev–Trinajstić information content (AvgIpc) is 3.50. The van der Waals surface area contributed by atoms with Gasteiger partial charge in [0.1, 0.15) is 10.7 Å². The van der Waals surface area contributed by atoms with E-state index in [-0.39, 0.29) is 17.9 Å².